The number of carbonyl (C=O) groups is 1. The molecule has 0 unspecified atom stereocenters. The lowest BCUT2D eigenvalue weighted by Crippen LogP contribution is -2.41. The summed E-state index contributed by atoms with van der Waals surface area (Å²) in [6.07, 6.45) is 0. The summed E-state index contributed by atoms with van der Waals surface area (Å²) in [6, 6.07) is 5.58. The van der Waals surface area contributed by atoms with Crippen LogP contribution in [0.2, 0.25) is 0 Å². The van der Waals surface area contributed by atoms with E-state index in [1.54, 1.807) is 0 Å². The first kappa shape index (κ1) is 18.7. The maximum Gasteiger partial charge on any atom is 0.254 e. The monoisotopic (exact) mass is 399 g/mol. The molecule has 1 atom stereocenters. The molecule has 0 aliphatic carbocycles. The van der Waals surface area contributed by atoms with E-state index >= 15 is 0 Å². The van der Waals surface area contributed by atoms with Crippen LogP contribution in [-0.4, -0.2) is 36.3 Å². The number of halogens is 1. The number of hydrogen-bond donors (Lipinski definition) is 0. The van der Waals surface area contributed by atoms with Crippen LogP contribution in [0.1, 0.15) is 60.3 Å². The van der Waals surface area contributed by atoms with E-state index in [0.717, 1.165) is 28.0 Å². The SMILES string of the molecule is Cc1nsc(-c2nc(C(C)C)c3n2CCN(C(=O)c2ccc(F)cc2)[C@@H]3C)n1. The minimum absolute atomic E-state index is 0.0945. The van der Waals surface area contributed by atoms with E-state index in [-0.39, 0.29) is 23.7 Å². The maximum absolute atomic E-state index is 13.2. The van der Waals surface area contributed by atoms with E-state index in [2.05, 4.69) is 27.8 Å². The van der Waals surface area contributed by atoms with Gasteiger partial charge in [0.05, 0.1) is 17.4 Å². The number of amides is 1. The van der Waals surface area contributed by atoms with Crippen LogP contribution in [0, 0.1) is 12.7 Å². The molecule has 1 aromatic carbocycles. The summed E-state index contributed by atoms with van der Waals surface area (Å²) in [5, 5.41) is 0.802. The molecule has 2 aromatic heterocycles. The molecule has 3 heterocycles. The molecule has 146 valence electrons. The Labute approximate surface area is 167 Å². The largest absolute Gasteiger partial charge is 0.329 e. The van der Waals surface area contributed by atoms with Crippen LogP contribution in [0.3, 0.4) is 0 Å². The van der Waals surface area contributed by atoms with Crippen molar-refractivity contribution < 1.29 is 9.18 Å². The summed E-state index contributed by atoms with van der Waals surface area (Å²) in [7, 11) is 0. The van der Waals surface area contributed by atoms with Gasteiger partial charge in [-0.05, 0) is 55.6 Å². The predicted molar refractivity (Wildman–Crippen MR) is 106 cm³/mol. The van der Waals surface area contributed by atoms with E-state index in [9.17, 15) is 9.18 Å². The van der Waals surface area contributed by atoms with Crippen LogP contribution >= 0.6 is 11.5 Å². The number of benzene rings is 1. The van der Waals surface area contributed by atoms with Crippen molar-refractivity contribution in [3.8, 4) is 10.8 Å². The van der Waals surface area contributed by atoms with Gasteiger partial charge in [-0.3, -0.25) is 4.79 Å². The molecule has 1 aliphatic rings. The molecule has 8 heteroatoms. The van der Waals surface area contributed by atoms with Gasteiger partial charge in [0, 0.05) is 18.7 Å². The molecule has 1 amide bonds. The van der Waals surface area contributed by atoms with Gasteiger partial charge in [0.25, 0.3) is 5.91 Å². The molecular formula is C20H22FN5OS. The molecule has 0 saturated heterocycles. The van der Waals surface area contributed by atoms with Gasteiger partial charge in [-0.2, -0.15) is 4.37 Å². The fourth-order valence-electron chi connectivity index (χ4n) is 3.71. The predicted octanol–water partition coefficient (Wildman–Crippen LogP) is 4.19. The van der Waals surface area contributed by atoms with Crippen molar-refractivity contribution in [1.82, 2.24) is 23.8 Å². The van der Waals surface area contributed by atoms with Crippen LogP contribution in [-0.2, 0) is 6.54 Å². The zero-order chi connectivity index (χ0) is 20.0. The summed E-state index contributed by atoms with van der Waals surface area (Å²) in [4.78, 5) is 24.3. The quantitative estimate of drug-likeness (QED) is 0.662. The van der Waals surface area contributed by atoms with E-state index in [1.165, 1.54) is 35.8 Å². The molecule has 4 rings (SSSR count). The summed E-state index contributed by atoms with van der Waals surface area (Å²) in [6.45, 7) is 9.30. The third-order valence-electron chi connectivity index (χ3n) is 5.08. The average molecular weight is 399 g/mol. The van der Waals surface area contributed by atoms with Gasteiger partial charge in [0.15, 0.2) is 10.8 Å². The Hall–Kier alpha value is -2.61. The molecular weight excluding hydrogens is 377 g/mol. The molecule has 0 saturated carbocycles. The number of imidazole rings is 1. The summed E-state index contributed by atoms with van der Waals surface area (Å²) >= 11 is 1.35. The molecule has 0 N–H and O–H groups in total. The van der Waals surface area contributed by atoms with E-state index < -0.39 is 0 Å². The molecule has 0 radical (unpaired) electrons. The molecule has 1 aliphatic heterocycles. The molecule has 0 bridgehead atoms. The molecule has 0 spiro atoms. The number of hydrogen-bond acceptors (Lipinski definition) is 5. The molecule has 28 heavy (non-hydrogen) atoms. The highest BCUT2D eigenvalue weighted by molar-refractivity contribution is 7.09. The number of aryl methyl sites for hydroxylation is 1. The van der Waals surface area contributed by atoms with E-state index in [1.807, 2.05) is 18.7 Å². The molecule has 0 fully saturated rings. The lowest BCUT2D eigenvalue weighted by atomic mass is 10.0. The Balaban J connectivity index is 1.74. The van der Waals surface area contributed by atoms with Crippen LogP contribution in [0.4, 0.5) is 4.39 Å². The highest BCUT2D eigenvalue weighted by atomic mass is 32.1. The zero-order valence-corrected chi connectivity index (χ0v) is 17.1. The van der Waals surface area contributed by atoms with Gasteiger partial charge >= 0.3 is 0 Å². The lowest BCUT2D eigenvalue weighted by Gasteiger charge is -2.36. The number of fused-ring (bicyclic) bond motifs is 1. The lowest BCUT2D eigenvalue weighted by molar-refractivity contribution is 0.0643. The van der Waals surface area contributed by atoms with Gasteiger partial charge in [0.2, 0.25) is 0 Å². The van der Waals surface area contributed by atoms with Crippen molar-refractivity contribution in [3.63, 3.8) is 0 Å². The first-order valence-electron chi connectivity index (χ1n) is 9.34. The van der Waals surface area contributed by atoms with Crippen LogP contribution in [0.25, 0.3) is 10.8 Å². The number of carbonyl (C=O) groups excluding carboxylic acids is 1. The number of aromatic nitrogens is 4. The number of nitrogens with zero attached hydrogens (tertiary/aromatic N) is 5. The van der Waals surface area contributed by atoms with Crippen LogP contribution in [0.15, 0.2) is 24.3 Å². The second-order valence-corrected chi connectivity index (χ2v) is 8.09. The summed E-state index contributed by atoms with van der Waals surface area (Å²) in [5.41, 5.74) is 2.51. The third kappa shape index (κ3) is 3.11. The zero-order valence-electron chi connectivity index (χ0n) is 16.3. The normalized spacial score (nSPS) is 16.5. The van der Waals surface area contributed by atoms with Crippen molar-refractivity contribution >= 4 is 17.4 Å². The first-order chi connectivity index (χ1) is 13.4. The topological polar surface area (TPSA) is 63.9 Å². The third-order valence-corrected chi connectivity index (χ3v) is 5.88. The van der Waals surface area contributed by atoms with Crippen LogP contribution in [0.5, 0.6) is 0 Å². The Morgan fingerprint density at radius 3 is 2.54 bits per heavy atom. The number of rotatable bonds is 3. The second-order valence-electron chi connectivity index (χ2n) is 7.34. The van der Waals surface area contributed by atoms with E-state index in [0.29, 0.717) is 18.7 Å². The van der Waals surface area contributed by atoms with Gasteiger partial charge in [-0.25, -0.2) is 14.4 Å². The summed E-state index contributed by atoms with van der Waals surface area (Å²) in [5.74, 6) is 1.33. The van der Waals surface area contributed by atoms with Gasteiger partial charge in [-0.1, -0.05) is 13.8 Å². The average Bonchev–Trinajstić information content (AvgIpc) is 3.26. The van der Waals surface area contributed by atoms with Crippen LogP contribution < -0.4 is 0 Å². The Kier molecular flexibility index (Phi) is 4.74. The van der Waals surface area contributed by atoms with E-state index in [4.69, 9.17) is 4.98 Å². The molecule has 6 nitrogen and oxygen atoms in total. The fraction of sp³-hybridized carbons (Fsp3) is 0.400. The smallest absolute Gasteiger partial charge is 0.254 e. The maximum atomic E-state index is 13.2. The standard InChI is InChI=1S/C20H22FN5OS/c1-11(2)16-17-12(3)25(20(27)14-5-7-15(21)8-6-14)9-10-26(17)18(23-16)19-22-13(4)24-28-19/h5-8,11-12H,9-10H2,1-4H3/t12-/m1/s1. The van der Waals surface area contributed by atoms with Gasteiger partial charge in [0.1, 0.15) is 11.6 Å². The highest BCUT2D eigenvalue weighted by Crippen LogP contribution is 2.37. The minimum atomic E-state index is -0.347. The van der Waals surface area contributed by atoms with Crippen molar-refractivity contribution in [3.05, 3.63) is 52.9 Å². The minimum Gasteiger partial charge on any atom is -0.329 e. The van der Waals surface area contributed by atoms with Crippen molar-refractivity contribution in [2.75, 3.05) is 6.54 Å². The van der Waals surface area contributed by atoms with Crippen molar-refractivity contribution in [2.24, 2.45) is 0 Å². The Bertz CT molecular complexity index is 1020. The van der Waals surface area contributed by atoms with Crippen molar-refractivity contribution in [2.45, 2.75) is 46.2 Å². The Morgan fingerprint density at radius 1 is 1.21 bits per heavy atom. The first-order valence-corrected chi connectivity index (χ1v) is 10.1. The summed E-state index contributed by atoms with van der Waals surface area (Å²) < 4.78 is 19.7. The second kappa shape index (κ2) is 7.09. The van der Waals surface area contributed by atoms with Gasteiger partial charge < -0.3 is 9.47 Å². The highest BCUT2D eigenvalue weighted by Gasteiger charge is 2.34. The van der Waals surface area contributed by atoms with Gasteiger partial charge in [-0.15, -0.1) is 0 Å². The molecule has 3 aromatic rings. The fourth-order valence-corrected chi connectivity index (χ4v) is 4.38. The Morgan fingerprint density at radius 2 is 1.93 bits per heavy atom. The van der Waals surface area contributed by atoms with Crippen molar-refractivity contribution in [1.29, 1.82) is 0 Å².